The molecule has 118 valence electrons. The molecule has 1 aliphatic rings. The molecule has 9 heteroatoms. The van der Waals surface area contributed by atoms with Gasteiger partial charge in [0.2, 0.25) is 10.0 Å². The molecule has 0 aliphatic carbocycles. The standard InChI is InChI=1S/C13H14N2O4S3/c16-21(17)10-2-8-15(21)12-6-4-11(5-7-12)14-22(18,19)13-3-1-9-20-13/h1,3-7,9,14H,2,8,10H2. The fraction of sp³-hybridized carbons (Fsp3) is 0.231. The van der Waals surface area contributed by atoms with Crippen molar-refractivity contribution in [1.29, 1.82) is 0 Å². The van der Waals surface area contributed by atoms with E-state index in [-0.39, 0.29) is 9.96 Å². The average Bonchev–Trinajstić information content (AvgIpc) is 3.09. The van der Waals surface area contributed by atoms with Crippen molar-refractivity contribution in [3.8, 4) is 0 Å². The molecule has 0 saturated carbocycles. The summed E-state index contributed by atoms with van der Waals surface area (Å²) in [4.78, 5) is 0. The summed E-state index contributed by atoms with van der Waals surface area (Å²) in [6, 6.07) is 9.53. The van der Waals surface area contributed by atoms with Crippen LogP contribution in [-0.4, -0.2) is 29.1 Å². The summed E-state index contributed by atoms with van der Waals surface area (Å²) in [6.45, 7) is 0.461. The summed E-state index contributed by atoms with van der Waals surface area (Å²) in [5, 5.41) is 1.69. The van der Waals surface area contributed by atoms with Crippen molar-refractivity contribution in [2.24, 2.45) is 0 Å². The Balaban J connectivity index is 1.81. The Morgan fingerprint density at radius 1 is 1.14 bits per heavy atom. The van der Waals surface area contributed by atoms with Gasteiger partial charge in [0.25, 0.3) is 10.0 Å². The molecular formula is C13H14N2O4S3. The molecule has 0 unspecified atom stereocenters. The van der Waals surface area contributed by atoms with E-state index in [9.17, 15) is 16.8 Å². The Labute approximate surface area is 133 Å². The van der Waals surface area contributed by atoms with Crippen molar-refractivity contribution in [2.45, 2.75) is 10.6 Å². The van der Waals surface area contributed by atoms with E-state index in [2.05, 4.69) is 4.72 Å². The molecule has 1 aliphatic heterocycles. The zero-order chi connectivity index (χ0) is 15.8. The zero-order valence-electron chi connectivity index (χ0n) is 11.5. The number of nitrogens with zero attached hydrogens (tertiary/aromatic N) is 1. The molecular weight excluding hydrogens is 344 g/mol. The van der Waals surface area contributed by atoms with Gasteiger partial charge in [0.1, 0.15) is 4.21 Å². The molecule has 22 heavy (non-hydrogen) atoms. The van der Waals surface area contributed by atoms with Crippen LogP contribution in [-0.2, 0) is 20.0 Å². The third kappa shape index (κ3) is 2.96. The van der Waals surface area contributed by atoms with Crippen LogP contribution >= 0.6 is 11.3 Å². The monoisotopic (exact) mass is 358 g/mol. The van der Waals surface area contributed by atoms with E-state index in [0.717, 1.165) is 11.3 Å². The molecule has 2 heterocycles. The number of rotatable bonds is 4. The topological polar surface area (TPSA) is 83.6 Å². The van der Waals surface area contributed by atoms with Crippen LogP contribution in [0.1, 0.15) is 6.42 Å². The molecule has 2 aromatic rings. The first kappa shape index (κ1) is 15.3. The Hall–Kier alpha value is -1.58. The molecule has 1 aromatic heterocycles. The molecule has 0 spiro atoms. The van der Waals surface area contributed by atoms with E-state index in [1.165, 1.54) is 10.4 Å². The number of anilines is 2. The highest BCUT2D eigenvalue weighted by molar-refractivity contribution is 7.94. The molecule has 6 nitrogen and oxygen atoms in total. The van der Waals surface area contributed by atoms with E-state index in [1.54, 1.807) is 35.7 Å². The van der Waals surface area contributed by atoms with Crippen LogP contribution in [0, 0.1) is 0 Å². The third-order valence-corrected chi connectivity index (χ3v) is 7.92. The second kappa shape index (κ2) is 5.56. The summed E-state index contributed by atoms with van der Waals surface area (Å²) in [6.07, 6.45) is 0.606. The van der Waals surface area contributed by atoms with E-state index in [4.69, 9.17) is 0 Å². The Kier molecular flexibility index (Phi) is 3.87. The summed E-state index contributed by atoms with van der Waals surface area (Å²) in [5.74, 6) is 0.153. The van der Waals surface area contributed by atoms with Gasteiger partial charge in [-0.25, -0.2) is 16.8 Å². The number of hydrogen-bond donors (Lipinski definition) is 1. The van der Waals surface area contributed by atoms with E-state index in [0.29, 0.717) is 24.3 Å². The average molecular weight is 358 g/mol. The van der Waals surface area contributed by atoms with Gasteiger partial charge in [-0.3, -0.25) is 9.03 Å². The van der Waals surface area contributed by atoms with Crippen LogP contribution in [0.2, 0.25) is 0 Å². The minimum Gasteiger partial charge on any atom is -0.279 e. The first-order valence-corrected chi connectivity index (χ1v) is 10.5. The molecule has 0 radical (unpaired) electrons. The molecule has 0 bridgehead atoms. The van der Waals surface area contributed by atoms with Crippen molar-refractivity contribution in [1.82, 2.24) is 0 Å². The highest BCUT2D eigenvalue weighted by atomic mass is 32.2. The van der Waals surface area contributed by atoms with E-state index < -0.39 is 20.0 Å². The number of hydrogen-bond acceptors (Lipinski definition) is 5. The highest BCUT2D eigenvalue weighted by Gasteiger charge is 2.28. The van der Waals surface area contributed by atoms with Crippen molar-refractivity contribution >= 4 is 42.8 Å². The van der Waals surface area contributed by atoms with Crippen LogP contribution < -0.4 is 9.03 Å². The fourth-order valence-electron chi connectivity index (χ4n) is 2.25. The molecule has 1 N–H and O–H groups in total. The number of nitrogens with one attached hydrogen (secondary N) is 1. The maximum Gasteiger partial charge on any atom is 0.271 e. The van der Waals surface area contributed by atoms with Gasteiger partial charge in [0, 0.05) is 12.2 Å². The summed E-state index contributed by atoms with van der Waals surface area (Å²) in [5.41, 5.74) is 0.949. The maximum absolute atomic E-state index is 12.1. The quantitative estimate of drug-likeness (QED) is 0.907. The first-order chi connectivity index (χ1) is 10.4. The molecule has 3 rings (SSSR count). The van der Waals surface area contributed by atoms with Gasteiger partial charge in [-0.1, -0.05) is 6.07 Å². The van der Waals surface area contributed by atoms with Gasteiger partial charge in [-0.2, -0.15) is 0 Å². The number of benzene rings is 1. The lowest BCUT2D eigenvalue weighted by atomic mass is 10.3. The molecule has 0 amide bonds. The van der Waals surface area contributed by atoms with E-state index >= 15 is 0 Å². The normalized spacial score (nSPS) is 17.5. The largest absolute Gasteiger partial charge is 0.279 e. The van der Waals surface area contributed by atoms with Crippen LogP contribution in [0.3, 0.4) is 0 Å². The fourth-order valence-corrected chi connectivity index (χ4v) is 5.86. The minimum atomic E-state index is -3.59. The van der Waals surface area contributed by atoms with Gasteiger partial charge < -0.3 is 0 Å². The second-order valence-electron chi connectivity index (χ2n) is 4.83. The third-order valence-electron chi connectivity index (χ3n) is 3.27. The van der Waals surface area contributed by atoms with Gasteiger partial charge in [0.15, 0.2) is 0 Å². The Morgan fingerprint density at radius 3 is 2.41 bits per heavy atom. The summed E-state index contributed by atoms with van der Waals surface area (Å²) in [7, 11) is -6.82. The highest BCUT2D eigenvalue weighted by Crippen LogP contribution is 2.26. The lowest BCUT2D eigenvalue weighted by molar-refractivity contribution is 0.598. The predicted octanol–water partition coefficient (Wildman–Crippen LogP) is 2.09. The van der Waals surface area contributed by atoms with Crippen molar-refractivity contribution in [3.63, 3.8) is 0 Å². The SMILES string of the molecule is O=S(=O)(Nc1ccc(N2CCCS2(=O)=O)cc1)c1cccs1. The summed E-state index contributed by atoms with van der Waals surface area (Å²) < 4.78 is 52.0. The van der Waals surface area contributed by atoms with Crippen LogP contribution in [0.5, 0.6) is 0 Å². The van der Waals surface area contributed by atoms with Gasteiger partial charge in [-0.15, -0.1) is 11.3 Å². The van der Waals surface area contributed by atoms with Crippen LogP contribution in [0.4, 0.5) is 11.4 Å². The van der Waals surface area contributed by atoms with Gasteiger partial charge in [0.05, 0.1) is 11.4 Å². The van der Waals surface area contributed by atoms with Crippen molar-refractivity contribution in [2.75, 3.05) is 21.3 Å². The predicted molar refractivity (Wildman–Crippen MR) is 87.3 cm³/mol. The minimum absolute atomic E-state index is 0.153. The van der Waals surface area contributed by atoms with E-state index in [1.807, 2.05) is 0 Å². The zero-order valence-corrected chi connectivity index (χ0v) is 13.9. The first-order valence-electron chi connectivity index (χ1n) is 6.55. The van der Waals surface area contributed by atoms with Crippen LogP contribution in [0.15, 0.2) is 46.0 Å². The Bertz CT molecular complexity index is 857. The Morgan fingerprint density at radius 2 is 1.86 bits per heavy atom. The van der Waals surface area contributed by atoms with Gasteiger partial charge >= 0.3 is 0 Å². The van der Waals surface area contributed by atoms with Crippen molar-refractivity contribution < 1.29 is 16.8 Å². The molecule has 1 aromatic carbocycles. The number of thiophene rings is 1. The van der Waals surface area contributed by atoms with Crippen molar-refractivity contribution in [3.05, 3.63) is 41.8 Å². The lowest BCUT2D eigenvalue weighted by Gasteiger charge is -2.17. The van der Waals surface area contributed by atoms with Gasteiger partial charge in [-0.05, 0) is 42.1 Å². The molecule has 1 fully saturated rings. The maximum atomic E-state index is 12.1. The van der Waals surface area contributed by atoms with Crippen LogP contribution in [0.25, 0.3) is 0 Å². The molecule has 1 saturated heterocycles. The second-order valence-corrected chi connectivity index (χ2v) is 9.70. The number of sulfonamides is 2. The smallest absolute Gasteiger partial charge is 0.271 e. The summed E-state index contributed by atoms with van der Waals surface area (Å²) >= 11 is 1.13. The molecule has 0 atom stereocenters. The lowest BCUT2D eigenvalue weighted by Crippen LogP contribution is -2.24.